The third-order valence-electron chi connectivity index (χ3n) is 4.39. The van der Waals surface area contributed by atoms with Gasteiger partial charge in [-0.15, -0.1) is 12.4 Å². The Hall–Kier alpha value is -0.660. The van der Waals surface area contributed by atoms with E-state index in [-0.39, 0.29) is 18.4 Å². The summed E-state index contributed by atoms with van der Waals surface area (Å²) < 4.78 is 25.3. The van der Waals surface area contributed by atoms with Crippen molar-refractivity contribution in [1.82, 2.24) is 9.21 Å². The number of nitrogens with zero attached hydrogens (tertiary/aromatic N) is 2. The first-order chi connectivity index (χ1) is 10.3. The molecule has 1 aromatic carbocycles. The zero-order valence-corrected chi connectivity index (χ0v) is 15.7. The number of nitrogens with two attached hydrogens (primary N) is 1. The maximum atomic E-state index is 12.1. The lowest BCUT2D eigenvalue weighted by molar-refractivity contribution is 0.154. The Labute approximate surface area is 146 Å². The van der Waals surface area contributed by atoms with Crippen LogP contribution < -0.4 is 5.73 Å². The van der Waals surface area contributed by atoms with Crippen LogP contribution in [0.15, 0.2) is 29.2 Å². The quantitative estimate of drug-likeness (QED) is 0.870. The first-order valence-electron chi connectivity index (χ1n) is 7.80. The summed E-state index contributed by atoms with van der Waals surface area (Å²) in [5, 5.41) is 0. The molecule has 2 rings (SSSR count). The summed E-state index contributed by atoms with van der Waals surface area (Å²) in [7, 11) is -0.250. The number of hydrogen-bond acceptors (Lipinski definition) is 4. The molecular weight excluding hydrogens is 334 g/mol. The second-order valence-electron chi connectivity index (χ2n) is 6.43. The summed E-state index contributed by atoms with van der Waals surface area (Å²) in [5.74, 6) is 0.558. The Morgan fingerprint density at radius 2 is 1.91 bits per heavy atom. The third-order valence-corrected chi connectivity index (χ3v) is 6.22. The minimum absolute atomic E-state index is 0. The highest BCUT2D eigenvalue weighted by molar-refractivity contribution is 7.89. The minimum atomic E-state index is -3.34. The molecule has 0 radical (unpaired) electrons. The molecule has 0 spiro atoms. The molecule has 1 aromatic rings. The van der Waals surface area contributed by atoms with Gasteiger partial charge in [0.05, 0.1) is 4.90 Å². The number of rotatable bonds is 5. The van der Waals surface area contributed by atoms with Crippen LogP contribution in [-0.4, -0.2) is 50.8 Å². The molecule has 2 unspecified atom stereocenters. The average Bonchev–Trinajstić information content (AvgIpc) is 2.48. The molecule has 1 saturated heterocycles. The predicted molar refractivity (Wildman–Crippen MR) is 96.2 cm³/mol. The van der Waals surface area contributed by atoms with E-state index in [1.165, 1.54) is 17.1 Å². The Morgan fingerprint density at radius 3 is 2.43 bits per heavy atom. The van der Waals surface area contributed by atoms with Crippen molar-refractivity contribution in [2.75, 3.05) is 27.2 Å². The van der Waals surface area contributed by atoms with Crippen molar-refractivity contribution in [2.24, 2.45) is 11.7 Å². The van der Waals surface area contributed by atoms with Crippen LogP contribution in [0.2, 0.25) is 0 Å². The van der Waals surface area contributed by atoms with Crippen LogP contribution in [0.5, 0.6) is 0 Å². The molecule has 1 aliphatic heterocycles. The molecule has 1 aliphatic rings. The smallest absolute Gasteiger partial charge is 0.242 e. The fraction of sp³-hybridized carbons (Fsp3) is 0.625. The summed E-state index contributed by atoms with van der Waals surface area (Å²) in [5.41, 5.74) is 7.16. The van der Waals surface area contributed by atoms with Gasteiger partial charge in [-0.1, -0.05) is 12.1 Å². The van der Waals surface area contributed by atoms with Gasteiger partial charge >= 0.3 is 0 Å². The lowest BCUT2D eigenvalue weighted by Crippen LogP contribution is -2.41. The number of sulfonamides is 1. The lowest BCUT2D eigenvalue weighted by Gasteiger charge is -2.34. The van der Waals surface area contributed by atoms with Gasteiger partial charge in [0.1, 0.15) is 0 Å². The lowest BCUT2D eigenvalue weighted by atomic mass is 9.92. The summed E-state index contributed by atoms with van der Waals surface area (Å²) in [4.78, 5) is 2.75. The largest absolute Gasteiger partial charge is 0.328 e. The van der Waals surface area contributed by atoms with E-state index in [1.807, 2.05) is 12.1 Å². The van der Waals surface area contributed by atoms with Gasteiger partial charge in [-0.25, -0.2) is 12.7 Å². The number of benzene rings is 1. The fourth-order valence-corrected chi connectivity index (χ4v) is 3.80. The molecule has 0 amide bonds. The number of hydrogen-bond donors (Lipinski definition) is 1. The van der Waals surface area contributed by atoms with Crippen LogP contribution in [0.4, 0.5) is 0 Å². The molecule has 2 N–H and O–H groups in total. The average molecular weight is 362 g/mol. The van der Waals surface area contributed by atoms with Gasteiger partial charge < -0.3 is 5.73 Å². The van der Waals surface area contributed by atoms with E-state index in [1.54, 1.807) is 26.2 Å². The summed E-state index contributed by atoms with van der Waals surface area (Å²) in [6.07, 6.45) is 2.38. The monoisotopic (exact) mass is 361 g/mol. The van der Waals surface area contributed by atoms with Crippen molar-refractivity contribution >= 4 is 22.4 Å². The number of likely N-dealkylation sites (tertiary alicyclic amines) is 1. The fourth-order valence-electron chi connectivity index (χ4n) is 2.90. The molecule has 1 fully saturated rings. The zero-order chi connectivity index (χ0) is 16.3. The topological polar surface area (TPSA) is 66.6 Å². The van der Waals surface area contributed by atoms with Gasteiger partial charge in [-0.05, 0) is 49.9 Å². The van der Waals surface area contributed by atoms with Crippen molar-refractivity contribution in [3.63, 3.8) is 0 Å². The van der Waals surface area contributed by atoms with E-state index in [4.69, 9.17) is 5.73 Å². The van der Waals surface area contributed by atoms with Crippen molar-refractivity contribution in [1.29, 1.82) is 0 Å². The second kappa shape index (κ2) is 8.44. The van der Waals surface area contributed by atoms with Crippen LogP contribution in [0.3, 0.4) is 0 Å². The Balaban J connectivity index is 0.00000264. The standard InChI is InChI=1S/C16H27N3O2S.ClH/c1-13(17)15-5-4-10-19(12-15)11-14-6-8-16(9-7-14)22(20,21)18(2)3;/h6-9,13,15H,4-5,10-12,17H2,1-3H3;1H. The second-order valence-corrected chi connectivity index (χ2v) is 8.58. The van der Waals surface area contributed by atoms with Crippen molar-refractivity contribution in [3.8, 4) is 0 Å². The summed E-state index contributed by atoms with van der Waals surface area (Å²) >= 11 is 0. The Bertz CT molecular complexity index is 588. The molecule has 0 aliphatic carbocycles. The van der Waals surface area contributed by atoms with Crippen molar-refractivity contribution < 1.29 is 8.42 Å². The van der Waals surface area contributed by atoms with Gasteiger partial charge in [-0.2, -0.15) is 0 Å². The highest BCUT2D eigenvalue weighted by atomic mass is 35.5. The van der Waals surface area contributed by atoms with E-state index in [9.17, 15) is 8.42 Å². The van der Waals surface area contributed by atoms with Crippen LogP contribution in [0.25, 0.3) is 0 Å². The molecule has 0 bridgehead atoms. The van der Waals surface area contributed by atoms with E-state index in [2.05, 4.69) is 11.8 Å². The SMILES string of the molecule is CC(N)C1CCCN(Cc2ccc(S(=O)(=O)N(C)C)cc2)C1.Cl. The maximum absolute atomic E-state index is 12.1. The highest BCUT2D eigenvalue weighted by Crippen LogP contribution is 2.21. The third kappa shape index (κ3) is 5.16. The number of halogens is 1. The molecule has 2 atom stereocenters. The van der Waals surface area contributed by atoms with E-state index in [0.717, 1.165) is 25.2 Å². The van der Waals surface area contributed by atoms with E-state index < -0.39 is 10.0 Å². The van der Waals surface area contributed by atoms with Crippen LogP contribution in [0.1, 0.15) is 25.3 Å². The molecule has 7 heteroatoms. The number of piperidine rings is 1. The zero-order valence-electron chi connectivity index (χ0n) is 14.1. The first kappa shape index (κ1) is 20.4. The molecule has 1 heterocycles. The summed E-state index contributed by atoms with van der Waals surface area (Å²) in [6, 6.07) is 7.43. The molecule has 132 valence electrons. The van der Waals surface area contributed by atoms with Gasteiger partial charge in [0.2, 0.25) is 10.0 Å². The molecule has 23 heavy (non-hydrogen) atoms. The Morgan fingerprint density at radius 1 is 1.30 bits per heavy atom. The van der Waals surface area contributed by atoms with Crippen LogP contribution >= 0.6 is 12.4 Å². The van der Waals surface area contributed by atoms with Crippen LogP contribution in [0, 0.1) is 5.92 Å². The van der Waals surface area contributed by atoms with Gasteiger partial charge in [0.25, 0.3) is 0 Å². The molecular formula is C16H28ClN3O2S. The van der Waals surface area contributed by atoms with Gasteiger partial charge in [0.15, 0.2) is 0 Å². The van der Waals surface area contributed by atoms with Gasteiger partial charge in [-0.3, -0.25) is 4.90 Å². The van der Waals surface area contributed by atoms with E-state index >= 15 is 0 Å². The predicted octanol–water partition coefficient (Wildman–Crippen LogP) is 1.92. The van der Waals surface area contributed by atoms with Crippen molar-refractivity contribution in [3.05, 3.63) is 29.8 Å². The molecule has 0 saturated carbocycles. The summed E-state index contributed by atoms with van der Waals surface area (Å²) in [6.45, 7) is 5.04. The van der Waals surface area contributed by atoms with Gasteiger partial charge in [0, 0.05) is 33.2 Å². The normalized spacial score (nSPS) is 21.0. The first-order valence-corrected chi connectivity index (χ1v) is 9.24. The Kier molecular flexibility index (Phi) is 7.48. The molecule has 0 aromatic heterocycles. The maximum Gasteiger partial charge on any atom is 0.242 e. The molecule has 5 nitrogen and oxygen atoms in total. The van der Waals surface area contributed by atoms with Crippen molar-refractivity contribution in [2.45, 2.75) is 37.2 Å². The van der Waals surface area contributed by atoms with E-state index in [0.29, 0.717) is 10.8 Å². The van der Waals surface area contributed by atoms with Crippen LogP contribution in [-0.2, 0) is 16.6 Å². The minimum Gasteiger partial charge on any atom is -0.328 e. The highest BCUT2D eigenvalue weighted by Gasteiger charge is 2.23.